The molecule has 1 rings (SSSR count). The van der Waals surface area contributed by atoms with Crippen molar-refractivity contribution in [1.82, 2.24) is 0 Å². The molecule has 0 heterocycles. The van der Waals surface area contributed by atoms with Gasteiger partial charge in [-0.3, -0.25) is 0 Å². The Balaban J connectivity index is 2.26. The van der Waals surface area contributed by atoms with Crippen molar-refractivity contribution in [1.29, 1.82) is 0 Å². The Bertz CT molecular complexity index is 305. The smallest absolute Gasteiger partial charge is 0.0294 e. The van der Waals surface area contributed by atoms with Crippen molar-refractivity contribution < 1.29 is 0 Å². The molecular weight excluding hydrogens is 309 g/mol. The lowest BCUT2D eigenvalue weighted by molar-refractivity contribution is 0.572. The Morgan fingerprint density at radius 2 is 1.88 bits per heavy atom. The van der Waals surface area contributed by atoms with Crippen LogP contribution < -0.4 is 5.73 Å². The fourth-order valence-corrected chi connectivity index (χ4v) is 2.07. The van der Waals surface area contributed by atoms with Crippen LogP contribution in [0.15, 0.2) is 36.9 Å². The second kappa shape index (κ2) is 7.85. The summed E-state index contributed by atoms with van der Waals surface area (Å²) in [5, 5.41) is 0. The number of nitrogens with two attached hydrogens (primary N) is 1. The predicted molar refractivity (Wildman–Crippen MR) is 79.4 cm³/mol. The Labute approximate surface area is 112 Å². The molecule has 0 aliphatic rings. The Morgan fingerprint density at radius 1 is 1.19 bits per heavy atom. The van der Waals surface area contributed by atoms with Crippen LogP contribution in [0.4, 0.5) is 0 Å². The maximum absolute atomic E-state index is 6.14. The fourth-order valence-electron chi connectivity index (χ4n) is 1.71. The summed E-state index contributed by atoms with van der Waals surface area (Å²) in [5.41, 5.74) is 7.39. The lowest BCUT2D eigenvalue weighted by Gasteiger charge is -2.11. The van der Waals surface area contributed by atoms with E-state index in [-0.39, 0.29) is 6.04 Å². The number of hydrogen-bond acceptors (Lipinski definition) is 1. The van der Waals surface area contributed by atoms with E-state index in [1.165, 1.54) is 28.4 Å². The van der Waals surface area contributed by atoms with Crippen LogP contribution in [-0.2, 0) is 0 Å². The van der Waals surface area contributed by atoms with Gasteiger partial charge in [0, 0.05) is 9.61 Å². The van der Waals surface area contributed by atoms with Crippen LogP contribution in [0.1, 0.15) is 43.7 Å². The first-order valence-electron chi connectivity index (χ1n) is 5.86. The number of hydrogen-bond donors (Lipinski definition) is 1. The fraction of sp³-hybridized carbons (Fsp3) is 0.429. The van der Waals surface area contributed by atoms with E-state index in [9.17, 15) is 0 Å². The first-order chi connectivity index (χ1) is 7.74. The molecule has 0 aliphatic heterocycles. The normalized spacial score (nSPS) is 12.4. The molecular formula is C14H20IN. The lowest BCUT2D eigenvalue weighted by Crippen LogP contribution is -2.09. The second-order valence-electron chi connectivity index (χ2n) is 4.08. The maximum atomic E-state index is 6.14. The van der Waals surface area contributed by atoms with E-state index >= 15 is 0 Å². The monoisotopic (exact) mass is 329 g/mol. The summed E-state index contributed by atoms with van der Waals surface area (Å²) >= 11 is 2.31. The Kier molecular flexibility index (Phi) is 6.73. The van der Waals surface area contributed by atoms with Gasteiger partial charge in [-0.15, -0.1) is 6.58 Å². The van der Waals surface area contributed by atoms with Crippen molar-refractivity contribution in [2.45, 2.75) is 38.1 Å². The number of halogens is 1. The average molecular weight is 329 g/mol. The van der Waals surface area contributed by atoms with Gasteiger partial charge in [0.15, 0.2) is 0 Å². The summed E-state index contributed by atoms with van der Waals surface area (Å²) < 4.78 is 1.26. The van der Waals surface area contributed by atoms with Gasteiger partial charge in [0.2, 0.25) is 0 Å². The molecule has 0 saturated carbocycles. The highest BCUT2D eigenvalue weighted by Crippen LogP contribution is 2.18. The van der Waals surface area contributed by atoms with E-state index in [1.54, 1.807) is 0 Å². The molecule has 88 valence electrons. The average Bonchev–Trinajstić information content (AvgIpc) is 2.29. The molecule has 0 bridgehead atoms. The van der Waals surface area contributed by atoms with Gasteiger partial charge >= 0.3 is 0 Å². The lowest BCUT2D eigenvalue weighted by atomic mass is 10.0. The van der Waals surface area contributed by atoms with Crippen LogP contribution >= 0.6 is 22.6 Å². The molecule has 2 N–H and O–H groups in total. The van der Waals surface area contributed by atoms with Crippen molar-refractivity contribution in [3.8, 4) is 0 Å². The minimum Gasteiger partial charge on any atom is -0.324 e. The Morgan fingerprint density at radius 3 is 2.50 bits per heavy atom. The van der Waals surface area contributed by atoms with E-state index in [0.717, 1.165) is 12.8 Å². The minimum atomic E-state index is 0.195. The van der Waals surface area contributed by atoms with Gasteiger partial charge in [0.25, 0.3) is 0 Å². The van der Waals surface area contributed by atoms with Crippen LogP contribution in [0.3, 0.4) is 0 Å². The van der Waals surface area contributed by atoms with Crippen molar-refractivity contribution in [2.24, 2.45) is 5.73 Å². The van der Waals surface area contributed by atoms with Gasteiger partial charge in [-0.1, -0.05) is 31.1 Å². The van der Waals surface area contributed by atoms with Gasteiger partial charge in [0.05, 0.1) is 0 Å². The first kappa shape index (κ1) is 13.7. The number of benzene rings is 1. The zero-order chi connectivity index (χ0) is 11.8. The zero-order valence-electron chi connectivity index (χ0n) is 9.66. The predicted octanol–water partition coefficient (Wildman–Crippen LogP) is 4.43. The van der Waals surface area contributed by atoms with Gasteiger partial charge < -0.3 is 5.73 Å². The molecule has 1 nitrogen and oxygen atoms in total. The van der Waals surface area contributed by atoms with Crippen LogP contribution in [0.2, 0.25) is 0 Å². The van der Waals surface area contributed by atoms with Crippen LogP contribution in [0.5, 0.6) is 0 Å². The van der Waals surface area contributed by atoms with Crippen LogP contribution in [-0.4, -0.2) is 0 Å². The van der Waals surface area contributed by atoms with Crippen molar-refractivity contribution in [2.75, 3.05) is 0 Å². The summed E-state index contributed by atoms with van der Waals surface area (Å²) in [6.07, 6.45) is 7.89. The van der Waals surface area contributed by atoms with Crippen molar-refractivity contribution >= 4 is 22.6 Å². The third-order valence-corrected chi connectivity index (χ3v) is 3.44. The van der Waals surface area contributed by atoms with Crippen LogP contribution in [0.25, 0.3) is 0 Å². The highest BCUT2D eigenvalue weighted by Gasteiger charge is 2.04. The number of allylic oxidation sites excluding steroid dienone is 1. The molecule has 0 aliphatic carbocycles. The third kappa shape index (κ3) is 5.12. The van der Waals surface area contributed by atoms with E-state index in [1.807, 2.05) is 6.08 Å². The summed E-state index contributed by atoms with van der Waals surface area (Å²) in [7, 11) is 0. The largest absolute Gasteiger partial charge is 0.324 e. The zero-order valence-corrected chi connectivity index (χ0v) is 11.8. The summed E-state index contributed by atoms with van der Waals surface area (Å²) in [6, 6.07) is 8.70. The quantitative estimate of drug-likeness (QED) is 0.447. The van der Waals surface area contributed by atoms with E-state index in [4.69, 9.17) is 5.73 Å². The van der Waals surface area contributed by atoms with Gasteiger partial charge in [-0.2, -0.15) is 0 Å². The summed E-state index contributed by atoms with van der Waals surface area (Å²) in [6.45, 7) is 3.72. The standard InChI is InChI=1S/C14H20IN/c1-2-3-4-5-6-7-14(16)12-8-10-13(15)11-9-12/h2,8-11,14H,1,3-7,16H2. The maximum Gasteiger partial charge on any atom is 0.0294 e. The number of unbranched alkanes of at least 4 members (excludes halogenated alkanes) is 3. The number of rotatable bonds is 7. The van der Waals surface area contributed by atoms with Gasteiger partial charge in [-0.25, -0.2) is 0 Å². The van der Waals surface area contributed by atoms with Crippen molar-refractivity contribution in [3.05, 3.63) is 46.1 Å². The molecule has 0 saturated heterocycles. The van der Waals surface area contributed by atoms with Gasteiger partial charge in [-0.05, 0) is 59.5 Å². The molecule has 0 fully saturated rings. The second-order valence-corrected chi connectivity index (χ2v) is 5.33. The highest BCUT2D eigenvalue weighted by atomic mass is 127. The molecule has 1 atom stereocenters. The van der Waals surface area contributed by atoms with E-state index in [0.29, 0.717) is 0 Å². The van der Waals surface area contributed by atoms with E-state index < -0.39 is 0 Å². The molecule has 0 amide bonds. The molecule has 2 heteroatoms. The van der Waals surface area contributed by atoms with Crippen LogP contribution in [0, 0.1) is 3.57 Å². The van der Waals surface area contributed by atoms with Gasteiger partial charge in [0.1, 0.15) is 0 Å². The molecule has 1 aromatic carbocycles. The molecule has 1 unspecified atom stereocenters. The topological polar surface area (TPSA) is 26.0 Å². The minimum absolute atomic E-state index is 0.195. The highest BCUT2D eigenvalue weighted by molar-refractivity contribution is 14.1. The molecule has 1 aromatic rings. The van der Waals surface area contributed by atoms with Crippen molar-refractivity contribution in [3.63, 3.8) is 0 Å². The molecule has 0 aromatic heterocycles. The summed E-state index contributed by atoms with van der Waals surface area (Å²) in [4.78, 5) is 0. The van der Waals surface area contributed by atoms with E-state index in [2.05, 4.69) is 53.4 Å². The molecule has 0 radical (unpaired) electrons. The Hall–Kier alpha value is -0.350. The molecule has 16 heavy (non-hydrogen) atoms. The summed E-state index contributed by atoms with van der Waals surface area (Å²) in [5.74, 6) is 0. The SMILES string of the molecule is C=CCCCCCC(N)c1ccc(I)cc1. The third-order valence-electron chi connectivity index (χ3n) is 2.72. The molecule has 0 spiro atoms. The first-order valence-corrected chi connectivity index (χ1v) is 6.94.